The monoisotopic (exact) mass is 361 g/mol. The largest absolute Gasteiger partial charge is 0.331 e. The maximum absolute atomic E-state index is 12.3. The molecule has 0 amide bonds. The van der Waals surface area contributed by atoms with E-state index in [1.165, 1.54) is 0 Å². The lowest BCUT2D eigenvalue weighted by molar-refractivity contribution is 0.601. The number of imidazole rings is 1. The molecular weight excluding hydrogens is 346 g/mol. The van der Waals surface area contributed by atoms with Crippen LogP contribution in [0.4, 0.5) is 5.69 Å². The number of halogens is 1. The summed E-state index contributed by atoms with van der Waals surface area (Å²) in [6.45, 7) is 2.49. The molecule has 2 aromatic carbocycles. The number of sulfonamides is 1. The van der Waals surface area contributed by atoms with Gasteiger partial charge in [0.25, 0.3) is 10.0 Å². The topological polar surface area (TPSA) is 64.0 Å². The van der Waals surface area contributed by atoms with Gasteiger partial charge in [-0.05, 0) is 36.8 Å². The highest BCUT2D eigenvalue weighted by molar-refractivity contribution is 7.92. The van der Waals surface area contributed by atoms with E-state index in [2.05, 4.69) is 9.71 Å². The zero-order valence-electron chi connectivity index (χ0n) is 13.0. The van der Waals surface area contributed by atoms with Gasteiger partial charge >= 0.3 is 0 Å². The highest BCUT2D eigenvalue weighted by Crippen LogP contribution is 2.24. The molecule has 0 spiro atoms. The zero-order valence-corrected chi connectivity index (χ0v) is 14.6. The normalized spacial score (nSPS) is 11.4. The zero-order chi connectivity index (χ0) is 17.2. The Morgan fingerprint density at radius 1 is 1.17 bits per heavy atom. The fourth-order valence-electron chi connectivity index (χ4n) is 2.31. The SMILES string of the molecule is Cc1nccn1Cc1ccc(NS(=O)(=O)c2ccccc2)cc1Cl. The van der Waals surface area contributed by atoms with Crippen LogP contribution in [0.2, 0.25) is 5.02 Å². The fraction of sp³-hybridized carbons (Fsp3) is 0.118. The van der Waals surface area contributed by atoms with Crippen molar-refractivity contribution in [2.45, 2.75) is 18.4 Å². The van der Waals surface area contributed by atoms with E-state index < -0.39 is 10.0 Å². The van der Waals surface area contributed by atoms with Gasteiger partial charge in [-0.2, -0.15) is 0 Å². The Morgan fingerprint density at radius 3 is 2.54 bits per heavy atom. The van der Waals surface area contributed by atoms with Crippen molar-refractivity contribution in [3.63, 3.8) is 0 Å². The predicted octanol–water partition coefficient (Wildman–Crippen LogP) is 3.69. The Morgan fingerprint density at radius 2 is 1.92 bits per heavy atom. The molecule has 7 heteroatoms. The van der Waals surface area contributed by atoms with Crippen molar-refractivity contribution in [3.05, 3.63) is 77.3 Å². The molecule has 24 heavy (non-hydrogen) atoms. The second kappa shape index (κ2) is 6.67. The summed E-state index contributed by atoms with van der Waals surface area (Å²) in [6.07, 6.45) is 3.60. The maximum atomic E-state index is 12.3. The van der Waals surface area contributed by atoms with Gasteiger partial charge < -0.3 is 4.57 Å². The molecule has 0 saturated carbocycles. The number of hydrogen-bond acceptors (Lipinski definition) is 3. The van der Waals surface area contributed by atoms with E-state index in [0.717, 1.165) is 11.4 Å². The van der Waals surface area contributed by atoms with Gasteiger partial charge in [-0.25, -0.2) is 13.4 Å². The van der Waals surface area contributed by atoms with E-state index in [1.54, 1.807) is 48.7 Å². The molecular formula is C17H16ClN3O2S. The van der Waals surface area contributed by atoms with Gasteiger partial charge in [-0.15, -0.1) is 0 Å². The highest BCUT2D eigenvalue weighted by atomic mass is 35.5. The second-order valence-corrected chi connectivity index (χ2v) is 7.42. The summed E-state index contributed by atoms with van der Waals surface area (Å²) >= 11 is 6.30. The molecule has 0 aliphatic rings. The first-order valence-corrected chi connectivity index (χ1v) is 9.16. The van der Waals surface area contributed by atoms with Crippen LogP contribution in [-0.2, 0) is 16.6 Å². The molecule has 124 valence electrons. The second-order valence-electron chi connectivity index (χ2n) is 5.33. The standard InChI is InChI=1S/C17H16ClN3O2S/c1-13-19-9-10-21(13)12-14-7-8-15(11-17(14)18)20-24(22,23)16-5-3-2-4-6-16/h2-11,20H,12H2,1H3. The number of benzene rings is 2. The summed E-state index contributed by atoms with van der Waals surface area (Å²) in [5.74, 6) is 0.889. The van der Waals surface area contributed by atoms with Crippen LogP contribution in [-0.4, -0.2) is 18.0 Å². The molecule has 1 N–H and O–H groups in total. The third-order valence-corrected chi connectivity index (χ3v) is 5.37. The number of rotatable bonds is 5. The van der Waals surface area contributed by atoms with Crippen LogP contribution in [0.5, 0.6) is 0 Å². The van der Waals surface area contributed by atoms with Crippen molar-refractivity contribution >= 4 is 27.3 Å². The molecule has 0 fully saturated rings. The molecule has 0 unspecified atom stereocenters. The Labute approximate surface area is 146 Å². The minimum atomic E-state index is -3.62. The van der Waals surface area contributed by atoms with E-state index in [1.807, 2.05) is 23.8 Å². The third kappa shape index (κ3) is 3.60. The smallest absolute Gasteiger partial charge is 0.261 e. The molecule has 3 rings (SSSR count). The third-order valence-electron chi connectivity index (χ3n) is 3.62. The quantitative estimate of drug-likeness (QED) is 0.753. The molecule has 0 atom stereocenters. The van der Waals surface area contributed by atoms with Gasteiger partial charge in [0.15, 0.2) is 0 Å². The van der Waals surface area contributed by atoms with Crippen molar-refractivity contribution in [1.82, 2.24) is 9.55 Å². The Hall–Kier alpha value is -2.31. The first-order valence-electron chi connectivity index (χ1n) is 7.30. The molecule has 0 aliphatic heterocycles. The minimum absolute atomic E-state index is 0.208. The number of hydrogen-bond donors (Lipinski definition) is 1. The highest BCUT2D eigenvalue weighted by Gasteiger charge is 2.14. The van der Waals surface area contributed by atoms with Crippen LogP contribution in [0, 0.1) is 6.92 Å². The number of nitrogens with zero attached hydrogens (tertiary/aromatic N) is 2. The Bertz CT molecular complexity index is 953. The average Bonchev–Trinajstić information content (AvgIpc) is 2.96. The van der Waals surface area contributed by atoms with Crippen LogP contribution >= 0.6 is 11.6 Å². The lowest BCUT2D eigenvalue weighted by Crippen LogP contribution is -2.13. The lowest BCUT2D eigenvalue weighted by atomic mass is 10.2. The average molecular weight is 362 g/mol. The van der Waals surface area contributed by atoms with Gasteiger partial charge in [-0.3, -0.25) is 4.72 Å². The van der Waals surface area contributed by atoms with E-state index in [0.29, 0.717) is 17.3 Å². The van der Waals surface area contributed by atoms with Crippen LogP contribution in [0.1, 0.15) is 11.4 Å². The van der Waals surface area contributed by atoms with Crippen molar-refractivity contribution in [2.24, 2.45) is 0 Å². The van der Waals surface area contributed by atoms with E-state index >= 15 is 0 Å². The van der Waals surface area contributed by atoms with Crippen LogP contribution in [0.25, 0.3) is 0 Å². The first-order chi connectivity index (χ1) is 11.5. The van der Waals surface area contributed by atoms with Crippen molar-refractivity contribution in [3.8, 4) is 0 Å². The van der Waals surface area contributed by atoms with Crippen molar-refractivity contribution in [1.29, 1.82) is 0 Å². The molecule has 0 bridgehead atoms. The molecule has 3 aromatic rings. The summed E-state index contributed by atoms with van der Waals surface area (Å²) in [5, 5.41) is 0.497. The van der Waals surface area contributed by atoms with E-state index in [9.17, 15) is 8.42 Å². The number of anilines is 1. The summed E-state index contributed by atoms with van der Waals surface area (Å²) < 4.78 is 29.2. The Balaban J connectivity index is 1.81. The Kier molecular flexibility index (Phi) is 4.59. The maximum Gasteiger partial charge on any atom is 0.261 e. The summed E-state index contributed by atoms with van der Waals surface area (Å²) in [6, 6.07) is 13.3. The number of aromatic nitrogens is 2. The van der Waals surface area contributed by atoms with Gasteiger partial charge in [0.05, 0.1) is 17.1 Å². The van der Waals surface area contributed by atoms with Gasteiger partial charge in [0.2, 0.25) is 0 Å². The van der Waals surface area contributed by atoms with Crippen LogP contribution in [0.3, 0.4) is 0 Å². The van der Waals surface area contributed by atoms with Crippen LogP contribution < -0.4 is 4.72 Å². The molecule has 0 aliphatic carbocycles. The van der Waals surface area contributed by atoms with Crippen molar-refractivity contribution in [2.75, 3.05) is 4.72 Å². The van der Waals surface area contributed by atoms with E-state index in [4.69, 9.17) is 11.6 Å². The summed E-state index contributed by atoms with van der Waals surface area (Å²) in [4.78, 5) is 4.38. The van der Waals surface area contributed by atoms with Gasteiger partial charge in [-0.1, -0.05) is 35.9 Å². The van der Waals surface area contributed by atoms with Crippen molar-refractivity contribution < 1.29 is 8.42 Å². The number of nitrogens with one attached hydrogen (secondary N) is 1. The van der Waals surface area contributed by atoms with Gasteiger partial charge in [0.1, 0.15) is 5.82 Å². The predicted molar refractivity (Wildman–Crippen MR) is 94.8 cm³/mol. The first kappa shape index (κ1) is 16.5. The number of aryl methyl sites for hydroxylation is 1. The molecule has 0 saturated heterocycles. The molecule has 0 radical (unpaired) electrons. The van der Waals surface area contributed by atoms with Gasteiger partial charge in [0, 0.05) is 17.4 Å². The minimum Gasteiger partial charge on any atom is -0.331 e. The van der Waals surface area contributed by atoms with Crippen LogP contribution in [0.15, 0.2) is 65.8 Å². The molecule has 1 heterocycles. The lowest BCUT2D eigenvalue weighted by Gasteiger charge is -2.11. The summed E-state index contributed by atoms with van der Waals surface area (Å²) in [5.41, 5.74) is 1.32. The van der Waals surface area contributed by atoms with E-state index in [-0.39, 0.29) is 4.90 Å². The fourth-order valence-corrected chi connectivity index (χ4v) is 3.62. The molecule has 1 aromatic heterocycles. The molecule has 5 nitrogen and oxygen atoms in total. The summed E-state index contributed by atoms with van der Waals surface area (Å²) in [7, 11) is -3.62.